The van der Waals surface area contributed by atoms with Crippen molar-refractivity contribution in [1.82, 2.24) is 5.32 Å². The number of ether oxygens (including phenoxy) is 1. The van der Waals surface area contributed by atoms with Crippen molar-refractivity contribution in [2.75, 3.05) is 13.2 Å². The summed E-state index contributed by atoms with van der Waals surface area (Å²) in [6.07, 6.45) is 8.41. The van der Waals surface area contributed by atoms with Gasteiger partial charge in [0.2, 0.25) is 0 Å². The van der Waals surface area contributed by atoms with Crippen LogP contribution >= 0.6 is 0 Å². The van der Waals surface area contributed by atoms with E-state index in [1.807, 2.05) is 0 Å². The van der Waals surface area contributed by atoms with E-state index in [1.165, 1.54) is 38.5 Å². The Labute approximate surface area is 93.8 Å². The molecular weight excluding hydrogens is 186 g/mol. The zero-order chi connectivity index (χ0) is 10.7. The molecule has 2 fully saturated rings. The van der Waals surface area contributed by atoms with Crippen molar-refractivity contribution >= 4 is 0 Å². The van der Waals surface area contributed by atoms with Gasteiger partial charge in [0.1, 0.15) is 0 Å². The van der Waals surface area contributed by atoms with Crippen LogP contribution in [0, 0.1) is 5.92 Å². The Bertz CT molecular complexity index is 191. The molecule has 0 bridgehead atoms. The third-order valence-corrected chi connectivity index (χ3v) is 3.87. The van der Waals surface area contributed by atoms with Crippen LogP contribution in [0.4, 0.5) is 0 Å². The second kappa shape index (κ2) is 4.84. The first kappa shape index (κ1) is 11.4. The van der Waals surface area contributed by atoms with E-state index in [0.29, 0.717) is 11.6 Å². The van der Waals surface area contributed by atoms with Crippen molar-refractivity contribution in [2.24, 2.45) is 5.92 Å². The van der Waals surface area contributed by atoms with Crippen molar-refractivity contribution in [3.05, 3.63) is 0 Å². The molecule has 2 atom stereocenters. The van der Waals surface area contributed by atoms with Crippen molar-refractivity contribution in [3.8, 4) is 0 Å². The van der Waals surface area contributed by atoms with Gasteiger partial charge in [0, 0.05) is 12.1 Å². The molecule has 1 aliphatic heterocycles. The second-order valence-electron chi connectivity index (χ2n) is 5.58. The van der Waals surface area contributed by atoms with Gasteiger partial charge in [0.15, 0.2) is 0 Å². The van der Waals surface area contributed by atoms with Gasteiger partial charge in [0.05, 0.1) is 12.7 Å². The number of unbranched alkanes of at least 4 members (excludes halogenated alkanes) is 1. The summed E-state index contributed by atoms with van der Waals surface area (Å²) in [5.74, 6) is 0.824. The number of rotatable bonds is 5. The topological polar surface area (TPSA) is 21.3 Å². The van der Waals surface area contributed by atoms with Crippen LogP contribution in [0.25, 0.3) is 0 Å². The lowest BCUT2D eigenvalue weighted by Crippen LogP contribution is -2.48. The maximum Gasteiger partial charge on any atom is 0.0703 e. The third-order valence-electron chi connectivity index (χ3n) is 3.87. The van der Waals surface area contributed by atoms with Gasteiger partial charge in [-0.1, -0.05) is 33.1 Å². The molecule has 88 valence electrons. The molecule has 0 radical (unpaired) electrons. The second-order valence-corrected chi connectivity index (χ2v) is 5.58. The van der Waals surface area contributed by atoms with Gasteiger partial charge < -0.3 is 10.1 Å². The first-order valence-corrected chi connectivity index (χ1v) is 6.61. The van der Waals surface area contributed by atoms with Gasteiger partial charge in [-0.25, -0.2) is 0 Å². The van der Waals surface area contributed by atoms with Gasteiger partial charge in [-0.15, -0.1) is 0 Å². The summed E-state index contributed by atoms with van der Waals surface area (Å²) < 4.78 is 5.94. The molecule has 1 N–H and O–H groups in total. The molecule has 2 rings (SSSR count). The minimum Gasteiger partial charge on any atom is -0.375 e. The molecule has 1 spiro atoms. The molecule has 15 heavy (non-hydrogen) atoms. The highest BCUT2D eigenvalue weighted by atomic mass is 16.5. The standard InChI is InChI=1S/C13H25NO/c1-3-4-5-11(2)8-12-9-14-13(6-7-13)10-15-12/h11-12,14H,3-10H2,1-2H3. The fourth-order valence-electron chi connectivity index (χ4n) is 2.46. The highest BCUT2D eigenvalue weighted by molar-refractivity contribution is 5.04. The van der Waals surface area contributed by atoms with Crippen LogP contribution in [0.5, 0.6) is 0 Å². The van der Waals surface area contributed by atoms with Crippen molar-refractivity contribution in [2.45, 2.75) is 64.0 Å². The van der Waals surface area contributed by atoms with E-state index in [4.69, 9.17) is 4.74 Å². The Morgan fingerprint density at radius 3 is 2.80 bits per heavy atom. The van der Waals surface area contributed by atoms with Crippen LogP contribution in [0.15, 0.2) is 0 Å². The molecule has 2 heteroatoms. The van der Waals surface area contributed by atoms with Crippen LogP contribution < -0.4 is 5.32 Å². The SMILES string of the molecule is CCCCC(C)CC1CNC2(CC2)CO1. The van der Waals surface area contributed by atoms with E-state index in [9.17, 15) is 0 Å². The molecule has 0 aromatic carbocycles. The molecule has 1 saturated heterocycles. The van der Waals surface area contributed by atoms with Crippen LogP contribution in [0.1, 0.15) is 52.4 Å². The zero-order valence-electron chi connectivity index (χ0n) is 10.2. The van der Waals surface area contributed by atoms with Crippen LogP contribution in [-0.2, 0) is 4.74 Å². The average molecular weight is 211 g/mol. The van der Waals surface area contributed by atoms with E-state index < -0.39 is 0 Å². The molecule has 2 aliphatic rings. The monoisotopic (exact) mass is 211 g/mol. The van der Waals surface area contributed by atoms with Crippen molar-refractivity contribution < 1.29 is 4.74 Å². The summed E-state index contributed by atoms with van der Waals surface area (Å²) in [7, 11) is 0. The molecule has 1 heterocycles. The molecule has 2 unspecified atom stereocenters. The van der Waals surface area contributed by atoms with Gasteiger partial charge >= 0.3 is 0 Å². The van der Waals surface area contributed by atoms with Gasteiger partial charge in [0.25, 0.3) is 0 Å². The summed E-state index contributed by atoms with van der Waals surface area (Å²) in [6.45, 7) is 6.66. The van der Waals surface area contributed by atoms with E-state index in [-0.39, 0.29) is 0 Å². The van der Waals surface area contributed by atoms with Crippen LogP contribution in [-0.4, -0.2) is 24.8 Å². The smallest absolute Gasteiger partial charge is 0.0703 e. The van der Waals surface area contributed by atoms with E-state index in [0.717, 1.165) is 19.1 Å². The molecule has 0 amide bonds. The molecule has 0 aromatic rings. The molecule has 1 saturated carbocycles. The number of hydrogen-bond donors (Lipinski definition) is 1. The van der Waals surface area contributed by atoms with Crippen molar-refractivity contribution in [1.29, 1.82) is 0 Å². The van der Waals surface area contributed by atoms with E-state index in [1.54, 1.807) is 0 Å². The van der Waals surface area contributed by atoms with Gasteiger partial charge in [-0.3, -0.25) is 0 Å². The Kier molecular flexibility index (Phi) is 3.68. The van der Waals surface area contributed by atoms with E-state index in [2.05, 4.69) is 19.2 Å². The Morgan fingerprint density at radius 2 is 2.27 bits per heavy atom. The predicted molar refractivity (Wildman–Crippen MR) is 63.0 cm³/mol. The maximum atomic E-state index is 5.94. The minimum atomic E-state index is 0.420. The van der Waals surface area contributed by atoms with Crippen LogP contribution in [0.3, 0.4) is 0 Å². The minimum absolute atomic E-state index is 0.420. The highest BCUT2D eigenvalue weighted by Crippen LogP contribution is 2.38. The fraction of sp³-hybridized carbons (Fsp3) is 1.00. The number of morpholine rings is 1. The number of hydrogen-bond acceptors (Lipinski definition) is 2. The largest absolute Gasteiger partial charge is 0.375 e. The lowest BCUT2D eigenvalue weighted by Gasteiger charge is -2.32. The first-order valence-electron chi connectivity index (χ1n) is 6.61. The Hall–Kier alpha value is -0.0800. The zero-order valence-corrected chi connectivity index (χ0v) is 10.2. The lowest BCUT2D eigenvalue weighted by atomic mass is 9.96. The summed E-state index contributed by atoms with van der Waals surface area (Å²) in [6, 6.07) is 0. The quantitative estimate of drug-likeness (QED) is 0.755. The Morgan fingerprint density at radius 1 is 1.47 bits per heavy atom. The van der Waals surface area contributed by atoms with Crippen LogP contribution in [0.2, 0.25) is 0 Å². The van der Waals surface area contributed by atoms with E-state index >= 15 is 0 Å². The summed E-state index contributed by atoms with van der Waals surface area (Å²) in [4.78, 5) is 0. The summed E-state index contributed by atoms with van der Waals surface area (Å²) in [5.41, 5.74) is 0.420. The highest BCUT2D eigenvalue weighted by Gasteiger charge is 2.45. The number of nitrogens with one attached hydrogen (secondary N) is 1. The van der Waals surface area contributed by atoms with Crippen molar-refractivity contribution in [3.63, 3.8) is 0 Å². The summed E-state index contributed by atoms with van der Waals surface area (Å²) in [5, 5.41) is 3.66. The van der Waals surface area contributed by atoms with Gasteiger partial charge in [-0.05, 0) is 25.2 Å². The predicted octanol–water partition coefficient (Wildman–Crippen LogP) is 2.72. The average Bonchev–Trinajstić information content (AvgIpc) is 2.99. The first-order chi connectivity index (χ1) is 7.24. The molecule has 0 aromatic heterocycles. The Balaban J connectivity index is 1.63. The lowest BCUT2D eigenvalue weighted by molar-refractivity contribution is -0.0149. The third kappa shape index (κ3) is 3.18. The molecule has 2 nitrogen and oxygen atoms in total. The molecule has 1 aliphatic carbocycles. The fourth-order valence-corrected chi connectivity index (χ4v) is 2.46. The molecular formula is C13H25NO. The maximum absolute atomic E-state index is 5.94. The van der Waals surface area contributed by atoms with Gasteiger partial charge in [-0.2, -0.15) is 0 Å². The summed E-state index contributed by atoms with van der Waals surface area (Å²) >= 11 is 0. The normalized spacial score (nSPS) is 30.4.